The van der Waals surface area contributed by atoms with Gasteiger partial charge in [-0.15, -0.1) is 11.8 Å². The first-order chi connectivity index (χ1) is 28.6. The summed E-state index contributed by atoms with van der Waals surface area (Å²) < 4.78 is 34.4. The summed E-state index contributed by atoms with van der Waals surface area (Å²) in [5.74, 6) is -0.199. The number of halogens is 1. The first-order valence-electron chi connectivity index (χ1n) is 19.5. The fraction of sp³-hybridized carbons (Fsp3) is 0.302. The Labute approximate surface area is 353 Å². The number of carbonyl (C=O) groups is 1. The van der Waals surface area contributed by atoms with E-state index in [1.807, 2.05) is 60.7 Å². The Bertz CT molecular complexity index is 2310. The number of benzene rings is 4. The van der Waals surface area contributed by atoms with Gasteiger partial charge in [0.15, 0.2) is 0 Å². The Morgan fingerprint density at radius 3 is 2.32 bits per heavy atom. The van der Waals surface area contributed by atoms with E-state index in [1.54, 1.807) is 42.2 Å². The minimum Gasteiger partial charge on any atom is -0.379 e. The van der Waals surface area contributed by atoms with E-state index in [1.165, 1.54) is 12.1 Å². The molecular formula is C43H46ClN7O6S2. The molecule has 16 heteroatoms. The highest BCUT2D eigenvalue weighted by Crippen LogP contribution is 2.31. The molecule has 5 aromatic rings. The minimum atomic E-state index is -4.45. The van der Waals surface area contributed by atoms with Crippen molar-refractivity contribution in [1.82, 2.24) is 19.5 Å². The van der Waals surface area contributed by atoms with Gasteiger partial charge in [0, 0.05) is 103 Å². The van der Waals surface area contributed by atoms with Crippen molar-refractivity contribution in [2.45, 2.75) is 28.8 Å². The van der Waals surface area contributed by atoms with Crippen LogP contribution in [0.3, 0.4) is 0 Å². The van der Waals surface area contributed by atoms with Crippen LogP contribution < -0.4 is 14.9 Å². The zero-order valence-electron chi connectivity index (χ0n) is 32.4. The second-order valence-electron chi connectivity index (χ2n) is 14.4. The molecule has 2 aliphatic rings. The standard InChI is InChI=1S/C43H46ClN7O6S2/c44-35-12-8-32(9-13-35)42-34(5-4-19-45-42)30-49-21-23-50(24-22-49)37-14-10-33(11-15-37)43(52)47-59(55,56)39-16-17-40(41(29-39)51(53)54)46-36(18-20-48-25-27-57-28-26-48)31-58-38-6-2-1-3-7-38/h1-17,19,29,36,46H,18,20-28,30-31H2,(H,47,52)/t36-/m1/s1. The van der Waals surface area contributed by atoms with Gasteiger partial charge in [-0.25, -0.2) is 13.1 Å². The summed E-state index contributed by atoms with van der Waals surface area (Å²) in [5, 5.41) is 16.3. The molecule has 1 atom stereocenters. The van der Waals surface area contributed by atoms with Crippen LogP contribution in [0.25, 0.3) is 11.3 Å². The fourth-order valence-electron chi connectivity index (χ4n) is 7.15. The molecule has 7 rings (SSSR count). The molecular weight excluding hydrogens is 810 g/mol. The van der Waals surface area contributed by atoms with Gasteiger partial charge in [-0.1, -0.05) is 48.0 Å². The van der Waals surface area contributed by atoms with Crippen LogP contribution in [-0.4, -0.2) is 105 Å². The van der Waals surface area contributed by atoms with E-state index in [2.05, 4.69) is 35.8 Å². The number of hydrogen-bond donors (Lipinski definition) is 2. The number of carbonyl (C=O) groups excluding carboxylic acids is 1. The number of thioether (sulfide) groups is 1. The Morgan fingerprint density at radius 1 is 0.881 bits per heavy atom. The second-order valence-corrected chi connectivity index (χ2v) is 17.6. The highest BCUT2D eigenvalue weighted by atomic mass is 35.5. The van der Waals surface area contributed by atoms with Gasteiger partial charge in [-0.3, -0.25) is 29.7 Å². The van der Waals surface area contributed by atoms with Gasteiger partial charge >= 0.3 is 0 Å². The number of nitrogens with one attached hydrogen (secondary N) is 2. The van der Waals surface area contributed by atoms with Crippen molar-refractivity contribution in [2.75, 3.05) is 75.0 Å². The topological polar surface area (TPSA) is 150 Å². The molecule has 0 aliphatic carbocycles. The number of anilines is 2. The summed E-state index contributed by atoms with van der Waals surface area (Å²) in [6, 6.07) is 31.9. The van der Waals surface area contributed by atoms with Gasteiger partial charge in [-0.2, -0.15) is 0 Å². The van der Waals surface area contributed by atoms with Crippen molar-refractivity contribution >= 4 is 56.4 Å². The van der Waals surface area contributed by atoms with Crippen LogP contribution in [0.15, 0.2) is 125 Å². The smallest absolute Gasteiger partial charge is 0.293 e. The molecule has 0 radical (unpaired) electrons. The molecule has 59 heavy (non-hydrogen) atoms. The molecule has 2 N–H and O–H groups in total. The Kier molecular flexibility index (Phi) is 14.1. The third-order valence-corrected chi connectivity index (χ3v) is 13.2. The average Bonchev–Trinajstić information content (AvgIpc) is 3.26. The number of amides is 1. The van der Waals surface area contributed by atoms with E-state index in [-0.39, 0.29) is 22.2 Å². The number of pyridine rings is 1. The van der Waals surface area contributed by atoms with E-state index >= 15 is 0 Å². The zero-order chi connectivity index (χ0) is 41.2. The summed E-state index contributed by atoms with van der Waals surface area (Å²) in [6.45, 7) is 7.66. The second kappa shape index (κ2) is 19.8. The molecule has 0 unspecified atom stereocenters. The lowest BCUT2D eigenvalue weighted by Crippen LogP contribution is -2.46. The van der Waals surface area contributed by atoms with E-state index < -0.39 is 26.5 Å². The lowest BCUT2D eigenvalue weighted by atomic mass is 10.1. The largest absolute Gasteiger partial charge is 0.379 e. The third-order valence-electron chi connectivity index (χ3n) is 10.4. The number of ether oxygens (including phenoxy) is 1. The maximum atomic E-state index is 13.4. The SMILES string of the molecule is O=C(NS(=O)(=O)c1ccc(N[C@H](CCN2CCOCC2)CSc2ccccc2)c([N+](=O)[O-])c1)c1ccc(N2CCN(Cc3cccnc3-c3ccc(Cl)cc3)CC2)cc1. The molecule has 0 spiro atoms. The molecule has 308 valence electrons. The number of nitrogens with zero attached hydrogens (tertiary/aromatic N) is 5. The summed E-state index contributed by atoms with van der Waals surface area (Å²) in [5.41, 5.74) is 3.95. The number of rotatable bonds is 16. The number of piperazine rings is 1. The van der Waals surface area contributed by atoms with Crippen molar-refractivity contribution in [3.05, 3.63) is 142 Å². The van der Waals surface area contributed by atoms with Gasteiger partial charge in [0.2, 0.25) is 0 Å². The zero-order valence-corrected chi connectivity index (χ0v) is 34.8. The van der Waals surface area contributed by atoms with Crippen LogP contribution in [0.2, 0.25) is 5.02 Å². The van der Waals surface area contributed by atoms with E-state index in [0.717, 1.165) is 85.8 Å². The van der Waals surface area contributed by atoms with Gasteiger partial charge in [0.05, 0.1) is 28.7 Å². The van der Waals surface area contributed by atoms with Crippen molar-refractivity contribution in [3.63, 3.8) is 0 Å². The summed E-state index contributed by atoms with van der Waals surface area (Å²) in [7, 11) is -4.45. The number of nitro groups is 1. The molecule has 4 aromatic carbocycles. The predicted molar refractivity (Wildman–Crippen MR) is 233 cm³/mol. The molecule has 0 bridgehead atoms. The highest BCUT2D eigenvalue weighted by molar-refractivity contribution is 7.99. The number of morpholine rings is 1. The van der Waals surface area contributed by atoms with Crippen LogP contribution in [0.5, 0.6) is 0 Å². The molecule has 0 saturated carbocycles. The highest BCUT2D eigenvalue weighted by Gasteiger charge is 2.26. The summed E-state index contributed by atoms with van der Waals surface area (Å²) in [4.78, 5) is 37.1. The van der Waals surface area contributed by atoms with Crippen LogP contribution in [0.1, 0.15) is 22.3 Å². The first kappa shape index (κ1) is 42.1. The lowest BCUT2D eigenvalue weighted by molar-refractivity contribution is -0.384. The van der Waals surface area contributed by atoms with Gasteiger partial charge in [-0.05, 0) is 78.7 Å². The van der Waals surface area contributed by atoms with Crippen LogP contribution in [-0.2, 0) is 21.3 Å². The Balaban J connectivity index is 0.958. The first-order valence-corrected chi connectivity index (χ1v) is 22.3. The minimum absolute atomic E-state index is 0.147. The average molecular weight is 856 g/mol. The normalized spacial score (nSPS) is 15.7. The summed E-state index contributed by atoms with van der Waals surface area (Å²) >= 11 is 7.74. The fourth-order valence-corrected chi connectivity index (χ4v) is 9.26. The van der Waals surface area contributed by atoms with E-state index in [9.17, 15) is 23.3 Å². The third kappa shape index (κ3) is 11.4. The van der Waals surface area contributed by atoms with Crippen LogP contribution in [0, 0.1) is 10.1 Å². The number of nitro benzene ring substituents is 1. The number of sulfonamides is 1. The summed E-state index contributed by atoms with van der Waals surface area (Å²) in [6.07, 6.45) is 2.50. The maximum Gasteiger partial charge on any atom is 0.293 e. The molecule has 13 nitrogen and oxygen atoms in total. The van der Waals surface area contributed by atoms with Gasteiger partial charge in [0.1, 0.15) is 5.69 Å². The maximum absolute atomic E-state index is 13.4. The molecule has 2 saturated heterocycles. The monoisotopic (exact) mass is 855 g/mol. The molecule has 1 amide bonds. The van der Waals surface area contributed by atoms with Crippen LogP contribution >= 0.6 is 23.4 Å². The van der Waals surface area contributed by atoms with Crippen molar-refractivity contribution in [2.24, 2.45) is 0 Å². The molecule has 2 fully saturated rings. The molecule has 1 aromatic heterocycles. The Hall–Kier alpha value is -5.03. The predicted octanol–water partition coefficient (Wildman–Crippen LogP) is 7.05. The number of aromatic nitrogens is 1. The van der Waals surface area contributed by atoms with Crippen molar-refractivity contribution in [1.29, 1.82) is 0 Å². The van der Waals surface area contributed by atoms with E-state index in [0.29, 0.717) is 30.4 Å². The van der Waals surface area contributed by atoms with Crippen LogP contribution in [0.4, 0.5) is 17.1 Å². The lowest BCUT2D eigenvalue weighted by Gasteiger charge is -2.36. The Morgan fingerprint density at radius 2 is 1.61 bits per heavy atom. The van der Waals surface area contributed by atoms with Crippen molar-refractivity contribution in [3.8, 4) is 11.3 Å². The molecule has 2 aliphatic heterocycles. The van der Waals surface area contributed by atoms with Gasteiger partial charge < -0.3 is 15.0 Å². The number of hydrogen-bond acceptors (Lipinski definition) is 12. The van der Waals surface area contributed by atoms with E-state index in [4.69, 9.17) is 16.3 Å². The van der Waals surface area contributed by atoms with Crippen molar-refractivity contribution < 1.29 is 22.9 Å². The molecule has 3 heterocycles. The quantitative estimate of drug-likeness (QED) is 0.0595. The van der Waals surface area contributed by atoms with Gasteiger partial charge in [0.25, 0.3) is 21.6 Å².